The van der Waals surface area contributed by atoms with Gasteiger partial charge in [0.25, 0.3) is 5.91 Å². The molecule has 0 unspecified atom stereocenters. The average molecular weight is 336 g/mol. The molecule has 0 atom stereocenters. The van der Waals surface area contributed by atoms with Gasteiger partial charge in [0, 0.05) is 14.1 Å². The lowest BCUT2D eigenvalue weighted by Gasteiger charge is -2.11. The molecule has 0 aliphatic carbocycles. The smallest absolute Gasteiger partial charge is 0.338 e. The fourth-order valence-corrected chi connectivity index (χ4v) is 1.57. The molecule has 1 N–H and O–H groups in total. The number of nitrogens with zero attached hydrogens (tertiary/aromatic N) is 1. The van der Waals surface area contributed by atoms with E-state index < -0.39 is 18.5 Å². The monoisotopic (exact) mass is 336 g/mol. The minimum absolute atomic E-state index is 0.137. The Hall–Kier alpha value is -2.57. The second kappa shape index (κ2) is 9.54. The molecule has 0 radical (unpaired) electrons. The van der Waals surface area contributed by atoms with Crippen LogP contribution >= 0.6 is 0 Å². The predicted molar refractivity (Wildman–Crippen MR) is 88.8 cm³/mol. The number of likely N-dealkylation sites (N-methyl/N-ethyl adjacent to an activating group) is 1. The molecule has 24 heavy (non-hydrogen) atoms. The van der Waals surface area contributed by atoms with E-state index in [1.165, 1.54) is 4.90 Å². The molecule has 1 rings (SSSR count). The van der Waals surface area contributed by atoms with E-state index in [1.807, 2.05) is 13.8 Å². The van der Waals surface area contributed by atoms with Gasteiger partial charge in [0.2, 0.25) is 5.91 Å². The summed E-state index contributed by atoms with van der Waals surface area (Å²) in [4.78, 5) is 36.2. The third-order valence-corrected chi connectivity index (χ3v) is 2.92. The van der Waals surface area contributed by atoms with Crippen molar-refractivity contribution < 1.29 is 23.9 Å². The summed E-state index contributed by atoms with van der Waals surface area (Å²) in [5.41, 5.74) is 0.299. The summed E-state index contributed by atoms with van der Waals surface area (Å²) < 4.78 is 10.5. The van der Waals surface area contributed by atoms with Crippen molar-refractivity contribution in [1.82, 2.24) is 10.2 Å². The maximum atomic E-state index is 12.0. The minimum Gasteiger partial charge on any atom is -0.493 e. The standard InChI is InChI=1S/C17H24N2O5/c1-12(2)10-23-14-7-5-6-13(8-14)17(22)24-11-15(20)18-9-16(21)19(3)4/h5-8,12H,9-11H2,1-4H3,(H,18,20). The normalized spacial score (nSPS) is 10.2. The Labute approximate surface area is 141 Å². The molecule has 7 heteroatoms. The fourth-order valence-electron chi connectivity index (χ4n) is 1.57. The molecule has 0 bridgehead atoms. The fraction of sp³-hybridized carbons (Fsp3) is 0.471. The van der Waals surface area contributed by atoms with Crippen LogP contribution in [0.1, 0.15) is 24.2 Å². The zero-order valence-electron chi connectivity index (χ0n) is 14.5. The Kier molecular flexibility index (Phi) is 7.74. The number of amides is 2. The van der Waals surface area contributed by atoms with Crippen molar-refractivity contribution >= 4 is 17.8 Å². The van der Waals surface area contributed by atoms with Gasteiger partial charge in [0.15, 0.2) is 6.61 Å². The average Bonchev–Trinajstić information content (AvgIpc) is 2.55. The first-order chi connectivity index (χ1) is 11.3. The third-order valence-electron chi connectivity index (χ3n) is 2.92. The molecule has 0 heterocycles. The molecule has 0 aliphatic heterocycles. The SMILES string of the molecule is CC(C)COc1cccc(C(=O)OCC(=O)NCC(=O)N(C)C)c1. The summed E-state index contributed by atoms with van der Waals surface area (Å²) in [5.74, 6) is -0.470. The molecule has 0 fully saturated rings. The number of benzene rings is 1. The van der Waals surface area contributed by atoms with Gasteiger partial charge in [-0.25, -0.2) is 4.79 Å². The summed E-state index contributed by atoms with van der Waals surface area (Å²) in [5, 5.41) is 2.38. The van der Waals surface area contributed by atoms with E-state index in [0.717, 1.165) is 0 Å². The molecule has 0 aromatic heterocycles. The Balaban J connectivity index is 2.46. The van der Waals surface area contributed by atoms with Gasteiger partial charge in [-0.2, -0.15) is 0 Å². The highest BCUT2D eigenvalue weighted by atomic mass is 16.5. The van der Waals surface area contributed by atoms with Gasteiger partial charge in [0.05, 0.1) is 18.7 Å². The van der Waals surface area contributed by atoms with Crippen LogP contribution in [-0.4, -0.2) is 56.5 Å². The number of hydrogen-bond acceptors (Lipinski definition) is 5. The van der Waals surface area contributed by atoms with Gasteiger partial charge in [-0.3, -0.25) is 9.59 Å². The molecule has 0 aliphatic rings. The third kappa shape index (κ3) is 7.13. The molecule has 1 aromatic carbocycles. The topological polar surface area (TPSA) is 84.9 Å². The van der Waals surface area contributed by atoms with Crippen molar-refractivity contribution in [3.05, 3.63) is 29.8 Å². The molecular weight excluding hydrogens is 312 g/mol. The van der Waals surface area contributed by atoms with E-state index in [2.05, 4.69) is 5.32 Å². The largest absolute Gasteiger partial charge is 0.493 e. The van der Waals surface area contributed by atoms with Crippen LogP contribution in [0.4, 0.5) is 0 Å². The van der Waals surface area contributed by atoms with Crippen molar-refractivity contribution in [3.63, 3.8) is 0 Å². The van der Waals surface area contributed by atoms with Crippen LogP contribution in [0.3, 0.4) is 0 Å². The molecule has 0 spiro atoms. The molecule has 0 saturated heterocycles. The maximum absolute atomic E-state index is 12.0. The van der Waals surface area contributed by atoms with Gasteiger partial charge >= 0.3 is 5.97 Å². The van der Waals surface area contributed by atoms with E-state index in [9.17, 15) is 14.4 Å². The van der Waals surface area contributed by atoms with Crippen molar-refractivity contribution in [2.24, 2.45) is 5.92 Å². The van der Waals surface area contributed by atoms with Crippen LogP contribution in [0.5, 0.6) is 5.75 Å². The van der Waals surface area contributed by atoms with Crippen LogP contribution in [0.15, 0.2) is 24.3 Å². The highest BCUT2D eigenvalue weighted by Gasteiger charge is 2.12. The molecule has 7 nitrogen and oxygen atoms in total. The van der Waals surface area contributed by atoms with Gasteiger partial charge in [0.1, 0.15) is 5.75 Å². The van der Waals surface area contributed by atoms with E-state index in [-0.39, 0.29) is 12.5 Å². The van der Waals surface area contributed by atoms with E-state index in [4.69, 9.17) is 9.47 Å². The maximum Gasteiger partial charge on any atom is 0.338 e. The number of rotatable bonds is 8. The quantitative estimate of drug-likeness (QED) is 0.718. The summed E-state index contributed by atoms with van der Waals surface area (Å²) in [6.45, 7) is 4.01. The Morgan fingerprint density at radius 2 is 1.92 bits per heavy atom. The summed E-state index contributed by atoms with van der Waals surface area (Å²) >= 11 is 0. The first-order valence-electron chi connectivity index (χ1n) is 7.66. The number of nitrogens with one attached hydrogen (secondary N) is 1. The molecular formula is C17H24N2O5. The van der Waals surface area contributed by atoms with Gasteiger partial charge in [-0.15, -0.1) is 0 Å². The predicted octanol–water partition coefficient (Wildman–Crippen LogP) is 1.08. The van der Waals surface area contributed by atoms with Gasteiger partial charge in [-0.05, 0) is 24.1 Å². The zero-order valence-corrected chi connectivity index (χ0v) is 14.5. The highest BCUT2D eigenvalue weighted by molar-refractivity contribution is 5.92. The van der Waals surface area contributed by atoms with Crippen molar-refractivity contribution in [2.45, 2.75) is 13.8 Å². The molecule has 0 saturated carbocycles. The molecule has 2 amide bonds. The molecule has 1 aromatic rings. The Morgan fingerprint density at radius 1 is 1.21 bits per heavy atom. The first kappa shape index (κ1) is 19.5. The van der Waals surface area contributed by atoms with E-state index >= 15 is 0 Å². The van der Waals surface area contributed by atoms with Crippen LogP contribution in [0.25, 0.3) is 0 Å². The van der Waals surface area contributed by atoms with Crippen molar-refractivity contribution in [2.75, 3.05) is 33.9 Å². The summed E-state index contributed by atoms with van der Waals surface area (Å²) in [6.07, 6.45) is 0. The lowest BCUT2D eigenvalue weighted by Crippen LogP contribution is -2.38. The minimum atomic E-state index is -0.626. The lowest BCUT2D eigenvalue weighted by atomic mass is 10.2. The van der Waals surface area contributed by atoms with Crippen LogP contribution < -0.4 is 10.1 Å². The number of carbonyl (C=O) groups excluding carboxylic acids is 3. The highest BCUT2D eigenvalue weighted by Crippen LogP contribution is 2.15. The van der Waals surface area contributed by atoms with E-state index in [1.54, 1.807) is 38.4 Å². The summed E-state index contributed by atoms with van der Waals surface area (Å²) in [7, 11) is 3.17. The number of esters is 1. The van der Waals surface area contributed by atoms with Crippen LogP contribution in [0, 0.1) is 5.92 Å². The second-order valence-electron chi connectivity index (χ2n) is 5.87. The number of carbonyl (C=O) groups is 3. The zero-order chi connectivity index (χ0) is 18.1. The van der Waals surface area contributed by atoms with Crippen molar-refractivity contribution in [1.29, 1.82) is 0 Å². The number of ether oxygens (including phenoxy) is 2. The van der Waals surface area contributed by atoms with Gasteiger partial charge < -0.3 is 19.7 Å². The molecule has 132 valence electrons. The van der Waals surface area contributed by atoms with Crippen molar-refractivity contribution in [3.8, 4) is 5.75 Å². The first-order valence-corrected chi connectivity index (χ1v) is 7.66. The van der Waals surface area contributed by atoms with Gasteiger partial charge in [-0.1, -0.05) is 19.9 Å². The van der Waals surface area contributed by atoms with Crippen LogP contribution in [-0.2, 0) is 14.3 Å². The van der Waals surface area contributed by atoms with Crippen LogP contribution in [0.2, 0.25) is 0 Å². The Morgan fingerprint density at radius 3 is 2.54 bits per heavy atom. The van der Waals surface area contributed by atoms with E-state index in [0.29, 0.717) is 23.8 Å². The second-order valence-corrected chi connectivity index (χ2v) is 5.87. The lowest BCUT2D eigenvalue weighted by molar-refractivity contribution is -0.131. The summed E-state index contributed by atoms with van der Waals surface area (Å²) in [6, 6.07) is 6.58. The number of hydrogen-bond donors (Lipinski definition) is 1. The Bertz CT molecular complexity index is 584.